The van der Waals surface area contributed by atoms with Crippen LogP contribution in [0.3, 0.4) is 0 Å². The van der Waals surface area contributed by atoms with Gasteiger partial charge in [0, 0.05) is 11.3 Å². The van der Waals surface area contributed by atoms with E-state index in [0.29, 0.717) is 22.7 Å². The Morgan fingerprint density at radius 3 is 2.53 bits per heavy atom. The van der Waals surface area contributed by atoms with Crippen molar-refractivity contribution in [2.24, 2.45) is 0 Å². The lowest BCUT2D eigenvalue weighted by atomic mass is 10.1. The van der Waals surface area contributed by atoms with Crippen LogP contribution in [0.4, 0.5) is 5.69 Å². The third-order valence-corrected chi connectivity index (χ3v) is 2.64. The van der Waals surface area contributed by atoms with E-state index in [1.807, 2.05) is 0 Å². The molecule has 2 N–H and O–H groups in total. The average molecular weight is 257 g/mol. The van der Waals surface area contributed by atoms with Crippen LogP contribution in [0.25, 0.3) is 0 Å². The predicted octanol–water partition coefficient (Wildman–Crippen LogP) is 2.54. The summed E-state index contributed by atoms with van der Waals surface area (Å²) in [4.78, 5) is 11.9. The van der Waals surface area contributed by atoms with E-state index in [1.165, 1.54) is 0 Å². The highest BCUT2D eigenvalue weighted by molar-refractivity contribution is 5.97. The third kappa shape index (κ3) is 3.48. The van der Waals surface area contributed by atoms with Crippen LogP contribution in [0.5, 0.6) is 11.5 Å². The molecule has 0 saturated heterocycles. The van der Waals surface area contributed by atoms with Crippen LogP contribution in [-0.2, 0) is 0 Å². The van der Waals surface area contributed by atoms with Crippen molar-refractivity contribution in [1.29, 1.82) is 0 Å². The lowest BCUT2D eigenvalue weighted by molar-refractivity contribution is 0.0921. The molecule has 0 spiro atoms. The van der Waals surface area contributed by atoms with Gasteiger partial charge in [-0.3, -0.25) is 4.79 Å². The Morgan fingerprint density at radius 2 is 1.84 bits per heavy atom. The average Bonchev–Trinajstić information content (AvgIpc) is 2.46. The topological polar surface area (TPSA) is 61.5 Å². The SMILES string of the molecule is COc1cccc(C(=O)COc2ccc(N)cc2)c1. The first-order valence-electron chi connectivity index (χ1n) is 5.84. The van der Waals surface area contributed by atoms with Crippen molar-refractivity contribution in [2.75, 3.05) is 19.5 Å². The molecule has 2 aromatic rings. The summed E-state index contributed by atoms with van der Waals surface area (Å²) in [6.45, 7) is -0.0168. The van der Waals surface area contributed by atoms with Crippen LogP contribution in [0.15, 0.2) is 48.5 Å². The maximum Gasteiger partial charge on any atom is 0.200 e. The molecule has 0 aliphatic heterocycles. The minimum absolute atomic E-state index is 0.0168. The van der Waals surface area contributed by atoms with Crippen molar-refractivity contribution in [3.8, 4) is 11.5 Å². The van der Waals surface area contributed by atoms with Crippen LogP contribution < -0.4 is 15.2 Å². The number of nitrogens with two attached hydrogens (primary N) is 1. The molecule has 0 saturated carbocycles. The highest BCUT2D eigenvalue weighted by Crippen LogP contribution is 2.15. The number of benzene rings is 2. The van der Waals surface area contributed by atoms with Gasteiger partial charge in [0.05, 0.1) is 7.11 Å². The van der Waals surface area contributed by atoms with E-state index in [0.717, 1.165) is 0 Å². The number of methoxy groups -OCH3 is 1. The lowest BCUT2D eigenvalue weighted by Gasteiger charge is -2.06. The fourth-order valence-corrected chi connectivity index (χ4v) is 1.59. The summed E-state index contributed by atoms with van der Waals surface area (Å²) in [6.07, 6.45) is 0. The zero-order chi connectivity index (χ0) is 13.7. The first-order valence-corrected chi connectivity index (χ1v) is 5.84. The monoisotopic (exact) mass is 257 g/mol. The molecular formula is C15H15NO3. The van der Waals surface area contributed by atoms with Crippen molar-refractivity contribution in [3.05, 3.63) is 54.1 Å². The van der Waals surface area contributed by atoms with Crippen LogP contribution in [0.1, 0.15) is 10.4 Å². The molecule has 0 aromatic heterocycles. The number of hydrogen-bond donors (Lipinski definition) is 1. The molecule has 0 heterocycles. The Balaban J connectivity index is 1.99. The lowest BCUT2D eigenvalue weighted by Crippen LogP contribution is -2.11. The summed E-state index contributed by atoms with van der Waals surface area (Å²) in [5, 5.41) is 0. The van der Waals surface area contributed by atoms with Gasteiger partial charge in [-0.05, 0) is 36.4 Å². The molecule has 0 atom stereocenters. The van der Waals surface area contributed by atoms with E-state index < -0.39 is 0 Å². The second-order valence-corrected chi connectivity index (χ2v) is 4.01. The van der Waals surface area contributed by atoms with Crippen molar-refractivity contribution >= 4 is 11.5 Å². The second kappa shape index (κ2) is 5.91. The van der Waals surface area contributed by atoms with Crippen molar-refractivity contribution in [3.63, 3.8) is 0 Å². The summed E-state index contributed by atoms with van der Waals surface area (Å²) in [6, 6.07) is 13.9. The fourth-order valence-electron chi connectivity index (χ4n) is 1.59. The Kier molecular flexibility index (Phi) is 4.03. The maximum absolute atomic E-state index is 11.9. The van der Waals surface area contributed by atoms with Gasteiger partial charge in [-0.1, -0.05) is 12.1 Å². The highest BCUT2D eigenvalue weighted by atomic mass is 16.5. The molecule has 2 aromatic carbocycles. The van der Waals surface area contributed by atoms with Gasteiger partial charge in [-0.25, -0.2) is 0 Å². The molecule has 2 rings (SSSR count). The van der Waals surface area contributed by atoms with Crippen molar-refractivity contribution in [2.45, 2.75) is 0 Å². The standard InChI is InChI=1S/C15H15NO3/c1-18-14-4-2-3-11(9-14)15(17)10-19-13-7-5-12(16)6-8-13/h2-9H,10,16H2,1H3. The zero-order valence-corrected chi connectivity index (χ0v) is 10.6. The first kappa shape index (κ1) is 13.0. The fraction of sp³-hybridized carbons (Fsp3) is 0.133. The molecule has 0 bridgehead atoms. The number of carbonyl (C=O) groups excluding carboxylic acids is 1. The van der Waals surface area contributed by atoms with Crippen molar-refractivity contribution < 1.29 is 14.3 Å². The molecule has 0 unspecified atom stereocenters. The Labute approximate surface area is 111 Å². The number of nitrogen functional groups attached to an aromatic ring is 1. The van der Waals surface area contributed by atoms with Gasteiger partial charge in [0.1, 0.15) is 11.5 Å². The van der Waals surface area contributed by atoms with Gasteiger partial charge < -0.3 is 15.2 Å². The minimum Gasteiger partial charge on any atom is -0.497 e. The largest absolute Gasteiger partial charge is 0.497 e. The summed E-state index contributed by atoms with van der Waals surface area (Å²) in [7, 11) is 1.56. The number of carbonyl (C=O) groups is 1. The van der Waals surface area contributed by atoms with Crippen LogP contribution >= 0.6 is 0 Å². The number of hydrogen-bond acceptors (Lipinski definition) is 4. The van der Waals surface area contributed by atoms with Gasteiger partial charge in [-0.2, -0.15) is 0 Å². The Bertz CT molecular complexity index is 564. The minimum atomic E-state index is -0.101. The van der Waals surface area contributed by atoms with Crippen molar-refractivity contribution in [1.82, 2.24) is 0 Å². The van der Waals surface area contributed by atoms with E-state index >= 15 is 0 Å². The van der Waals surface area contributed by atoms with Gasteiger partial charge in [0.25, 0.3) is 0 Å². The van der Waals surface area contributed by atoms with E-state index in [1.54, 1.807) is 55.6 Å². The highest BCUT2D eigenvalue weighted by Gasteiger charge is 2.07. The summed E-state index contributed by atoms with van der Waals surface area (Å²) in [5.41, 5.74) is 6.79. The quantitative estimate of drug-likeness (QED) is 0.660. The number of rotatable bonds is 5. The first-order chi connectivity index (χ1) is 9.19. The number of anilines is 1. The second-order valence-electron chi connectivity index (χ2n) is 4.01. The maximum atomic E-state index is 11.9. The van der Waals surface area contributed by atoms with Gasteiger partial charge >= 0.3 is 0 Å². The van der Waals surface area contributed by atoms with Gasteiger partial charge in [-0.15, -0.1) is 0 Å². The zero-order valence-electron chi connectivity index (χ0n) is 10.6. The molecule has 0 aliphatic rings. The number of Topliss-reactive ketones (excluding diaryl/α,β-unsaturated/α-hetero) is 1. The van der Waals surface area contributed by atoms with Crippen LogP contribution in [-0.4, -0.2) is 19.5 Å². The molecule has 4 nitrogen and oxygen atoms in total. The molecule has 0 aliphatic carbocycles. The Hall–Kier alpha value is -2.49. The van der Waals surface area contributed by atoms with E-state index in [9.17, 15) is 4.79 Å². The molecular weight excluding hydrogens is 242 g/mol. The van der Waals surface area contributed by atoms with E-state index in [-0.39, 0.29) is 12.4 Å². The molecule has 19 heavy (non-hydrogen) atoms. The molecule has 0 amide bonds. The molecule has 4 heteroatoms. The number of ketones is 1. The summed E-state index contributed by atoms with van der Waals surface area (Å²) in [5.74, 6) is 1.17. The summed E-state index contributed by atoms with van der Waals surface area (Å²) < 4.78 is 10.5. The predicted molar refractivity (Wildman–Crippen MR) is 73.7 cm³/mol. The molecule has 0 radical (unpaired) electrons. The van der Waals surface area contributed by atoms with E-state index in [4.69, 9.17) is 15.2 Å². The third-order valence-electron chi connectivity index (χ3n) is 2.64. The van der Waals surface area contributed by atoms with Crippen LogP contribution in [0.2, 0.25) is 0 Å². The number of ether oxygens (including phenoxy) is 2. The Morgan fingerprint density at radius 1 is 1.11 bits per heavy atom. The smallest absolute Gasteiger partial charge is 0.200 e. The molecule has 98 valence electrons. The normalized spacial score (nSPS) is 9.95. The van der Waals surface area contributed by atoms with E-state index in [2.05, 4.69) is 0 Å². The van der Waals surface area contributed by atoms with Gasteiger partial charge in [0.2, 0.25) is 0 Å². The summed E-state index contributed by atoms with van der Waals surface area (Å²) >= 11 is 0. The van der Waals surface area contributed by atoms with Crippen LogP contribution in [0, 0.1) is 0 Å². The molecule has 0 fully saturated rings. The van der Waals surface area contributed by atoms with Gasteiger partial charge in [0.15, 0.2) is 12.4 Å².